The van der Waals surface area contributed by atoms with Gasteiger partial charge in [0.25, 0.3) is 0 Å². The fraction of sp³-hybridized carbons (Fsp3) is 0.500. The Hall–Kier alpha value is -2.10. The molecule has 0 spiro atoms. The predicted octanol–water partition coefficient (Wildman–Crippen LogP) is 4.11. The van der Waals surface area contributed by atoms with Crippen LogP contribution in [0.2, 0.25) is 0 Å². The topological polar surface area (TPSA) is 32.3 Å². The van der Waals surface area contributed by atoms with Gasteiger partial charge in [-0.25, -0.2) is 4.98 Å². The van der Waals surface area contributed by atoms with Crippen LogP contribution in [0, 0.1) is 12.8 Å². The van der Waals surface area contributed by atoms with Crippen LogP contribution in [0.1, 0.15) is 37.4 Å². The molecule has 0 bridgehead atoms. The zero-order chi connectivity index (χ0) is 16.5. The fourth-order valence-electron chi connectivity index (χ4n) is 3.80. The maximum atomic E-state index is 4.95. The monoisotopic (exact) mass is 322 g/mol. The van der Waals surface area contributed by atoms with E-state index in [9.17, 15) is 0 Å². The van der Waals surface area contributed by atoms with Crippen molar-refractivity contribution < 1.29 is 0 Å². The molecule has 2 aliphatic heterocycles. The number of para-hydroxylation sites is 1. The van der Waals surface area contributed by atoms with Crippen LogP contribution in [-0.2, 0) is 6.42 Å². The van der Waals surface area contributed by atoms with Crippen molar-refractivity contribution in [3.63, 3.8) is 0 Å². The maximum absolute atomic E-state index is 4.95. The summed E-state index contributed by atoms with van der Waals surface area (Å²) in [6.07, 6.45) is 4.82. The van der Waals surface area contributed by atoms with Crippen molar-refractivity contribution in [3.05, 3.63) is 41.6 Å². The Morgan fingerprint density at radius 3 is 2.67 bits per heavy atom. The van der Waals surface area contributed by atoms with E-state index in [0.717, 1.165) is 55.9 Å². The average Bonchev–Trinajstić information content (AvgIpc) is 2.61. The normalized spacial score (nSPS) is 18.6. The molecule has 3 heterocycles. The largest absolute Gasteiger partial charge is 0.356 e. The third-order valence-corrected chi connectivity index (χ3v) is 5.29. The SMILES string of the molecule is Cc1cc(N2CCC(C)CC2)nc(N2CCCc3ccccc32)n1. The van der Waals surface area contributed by atoms with Gasteiger partial charge in [-0.1, -0.05) is 25.1 Å². The van der Waals surface area contributed by atoms with Crippen LogP contribution in [0.15, 0.2) is 30.3 Å². The third-order valence-electron chi connectivity index (χ3n) is 5.29. The number of nitrogens with zero attached hydrogens (tertiary/aromatic N) is 4. The van der Waals surface area contributed by atoms with Gasteiger partial charge in [-0.3, -0.25) is 0 Å². The molecule has 0 amide bonds. The first-order chi connectivity index (χ1) is 11.7. The lowest BCUT2D eigenvalue weighted by Gasteiger charge is -2.33. The van der Waals surface area contributed by atoms with Crippen LogP contribution in [0.4, 0.5) is 17.5 Å². The number of aryl methyl sites for hydroxylation is 2. The van der Waals surface area contributed by atoms with Crippen molar-refractivity contribution in [1.29, 1.82) is 0 Å². The number of piperidine rings is 1. The lowest BCUT2D eigenvalue weighted by molar-refractivity contribution is 0.436. The van der Waals surface area contributed by atoms with Crippen LogP contribution in [0.25, 0.3) is 0 Å². The second-order valence-corrected chi connectivity index (χ2v) is 7.22. The van der Waals surface area contributed by atoms with E-state index in [2.05, 4.69) is 54.0 Å². The Labute approximate surface area is 144 Å². The summed E-state index contributed by atoms with van der Waals surface area (Å²) in [5.41, 5.74) is 3.73. The first-order valence-electron chi connectivity index (χ1n) is 9.17. The quantitative estimate of drug-likeness (QED) is 0.833. The molecular formula is C20H26N4. The molecule has 0 unspecified atom stereocenters. The highest BCUT2D eigenvalue weighted by Crippen LogP contribution is 2.32. The Morgan fingerprint density at radius 1 is 1.04 bits per heavy atom. The molecular weight excluding hydrogens is 296 g/mol. The molecule has 126 valence electrons. The number of hydrogen-bond donors (Lipinski definition) is 0. The van der Waals surface area contributed by atoms with E-state index in [1.807, 2.05) is 0 Å². The highest BCUT2D eigenvalue weighted by Gasteiger charge is 2.22. The predicted molar refractivity (Wildman–Crippen MR) is 99.1 cm³/mol. The summed E-state index contributed by atoms with van der Waals surface area (Å²) < 4.78 is 0. The van der Waals surface area contributed by atoms with Crippen LogP contribution in [-0.4, -0.2) is 29.6 Å². The van der Waals surface area contributed by atoms with Gasteiger partial charge in [0.15, 0.2) is 0 Å². The molecule has 0 saturated carbocycles. The van der Waals surface area contributed by atoms with Gasteiger partial charge in [0.05, 0.1) is 0 Å². The number of anilines is 3. The number of fused-ring (bicyclic) bond motifs is 1. The minimum Gasteiger partial charge on any atom is -0.356 e. The van der Waals surface area contributed by atoms with Gasteiger partial charge in [-0.05, 0) is 50.2 Å². The van der Waals surface area contributed by atoms with Gasteiger partial charge < -0.3 is 9.80 Å². The molecule has 0 N–H and O–H groups in total. The molecule has 1 aromatic heterocycles. The zero-order valence-electron chi connectivity index (χ0n) is 14.7. The van der Waals surface area contributed by atoms with E-state index in [0.29, 0.717) is 0 Å². The van der Waals surface area contributed by atoms with E-state index >= 15 is 0 Å². The van der Waals surface area contributed by atoms with Gasteiger partial charge in [-0.15, -0.1) is 0 Å². The highest BCUT2D eigenvalue weighted by molar-refractivity contribution is 5.64. The molecule has 0 atom stereocenters. The molecule has 24 heavy (non-hydrogen) atoms. The van der Waals surface area contributed by atoms with Crippen molar-refractivity contribution in [2.75, 3.05) is 29.4 Å². The van der Waals surface area contributed by atoms with Gasteiger partial charge >= 0.3 is 0 Å². The summed E-state index contributed by atoms with van der Waals surface area (Å²) in [6.45, 7) is 7.63. The summed E-state index contributed by atoms with van der Waals surface area (Å²) in [6, 6.07) is 10.8. The second-order valence-electron chi connectivity index (χ2n) is 7.22. The summed E-state index contributed by atoms with van der Waals surface area (Å²) in [7, 11) is 0. The van der Waals surface area contributed by atoms with Crippen LogP contribution >= 0.6 is 0 Å². The summed E-state index contributed by atoms with van der Waals surface area (Å²) >= 11 is 0. The molecule has 2 aromatic rings. The lowest BCUT2D eigenvalue weighted by Crippen LogP contribution is -2.34. The third kappa shape index (κ3) is 2.97. The molecule has 0 radical (unpaired) electrons. The highest BCUT2D eigenvalue weighted by atomic mass is 15.3. The van der Waals surface area contributed by atoms with E-state index in [1.54, 1.807) is 0 Å². The zero-order valence-corrected chi connectivity index (χ0v) is 14.7. The number of benzene rings is 1. The van der Waals surface area contributed by atoms with Crippen LogP contribution in [0.5, 0.6) is 0 Å². The van der Waals surface area contributed by atoms with E-state index < -0.39 is 0 Å². The second kappa shape index (κ2) is 6.42. The Bertz CT molecular complexity index is 719. The first-order valence-corrected chi connectivity index (χ1v) is 9.17. The molecule has 4 heteroatoms. The molecule has 1 fully saturated rings. The smallest absolute Gasteiger partial charge is 0.232 e. The molecule has 0 aliphatic carbocycles. The number of hydrogen-bond acceptors (Lipinski definition) is 4. The van der Waals surface area contributed by atoms with Crippen LogP contribution < -0.4 is 9.80 Å². The summed E-state index contributed by atoms with van der Waals surface area (Å²) in [5, 5.41) is 0. The molecule has 4 rings (SSSR count). The maximum Gasteiger partial charge on any atom is 0.232 e. The van der Waals surface area contributed by atoms with E-state index in [4.69, 9.17) is 9.97 Å². The molecule has 1 saturated heterocycles. The van der Waals surface area contributed by atoms with Gasteiger partial charge in [0.2, 0.25) is 5.95 Å². The standard InChI is InChI=1S/C20H26N4/c1-15-9-12-23(13-10-15)19-14-16(2)21-20(22-19)24-11-5-7-17-6-3-4-8-18(17)24/h3-4,6,8,14-15H,5,7,9-13H2,1-2H3. The van der Waals surface area contributed by atoms with E-state index in [-0.39, 0.29) is 0 Å². The summed E-state index contributed by atoms with van der Waals surface area (Å²) in [5.74, 6) is 2.78. The first kappa shape index (κ1) is 15.4. The molecule has 4 nitrogen and oxygen atoms in total. The van der Waals surface area contributed by atoms with Crippen molar-refractivity contribution in [1.82, 2.24) is 9.97 Å². The lowest BCUT2D eigenvalue weighted by atomic mass is 9.99. The number of rotatable bonds is 2. The summed E-state index contributed by atoms with van der Waals surface area (Å²) in [4.78, 5) is 14.4. The molecule has 2 aliphatic rings. The van der Waals surface area contributed by atoms with Crippen molar-refractivity contribution in [3.8, 4) is 0 Å². The van der Waals surface area contributed by atoms with Crippen molar-refractivity contribution in [2.24, 2.45) is 5.92 Å². The Kier molecular flexibility index (Phi) is 4.13. The Morgan fingerprint density at radius 2 is 1.83 bits per heavy atom. The fourth-order valence-corrected chi connectivity index (χ4v) is 3.80. The van der Waals surface area contributed by atoms with Gasteiger partial charge in [0, 0.05) is 37.1 Å². The van der Waals surface area contributed by atoms with Crippen molar-refractivity contribution >= 4 is 17.5 Å². The van der Waals surface area contributed by atoms with Gasteiger partial charge in [-0.2, -0.15) is 4.98 Å². The number of aromatic nitrogens is 2. The Balaban J connectivity index is 1.67. The average molecular weight is 322 g/mol. The minimum atomic E-state index is 0.831. The molecule has 1 aromatic carbocycles. The minimum absolute atomic E-state index is 0.831. The van der Waals surface area contributed by atoms with Crippen LogP contribution in [0.3, 0.4) is 0 Å². The van der Waals surface area contributed by atoms with Crippen molar-refractivity contribution in [2.45, 2.75) is 39.5 Å². The van der Waals surface area contributed by atoms with E-state index in [1.165, 1.54) is 24.1 Å². The van der Waals surface area contributed by atoms with Gasteiger partial charge in [0.1, 0.15) is 5.82 Å².